The van der Waals surface area contributed by atoms with Gasteiger partial charge in [0.25, 0.3) is 5.91 Å². The van der Waals surface area contributed by atoms with E-state index in [1.807, 2.05) is 29.2 Å². The maximum absolute atomic E-state index is 12.7. The molecule has 2 aromatic rings. The number of benzene rings is 2. The van der Waals surface area contributed by atoms with E-state index in [9.17, 15) is 9.59 Å². The van der Waals surface area contributed by atoms with Crippen molar-refractivity contribution in [1.82, 2.24) is 4.90 Å². The zero-order valence-electron chi connectivity index (χ0n) is 15.4. The van der Waals surface area contributed by atoms with Gasteiger partial charge in [-0.1, -0.05) is 24.3 Å². The molecule has 1 fully saturated rings. The van der Waals surface area contributed by atoms with Crippen LogP contribution in [0.25, 0.3) is 0 Å². The normalized spacial score (nSPS) is 13.1. The molecule has 0 heterocycles. The Labute approximate surface area is 158 Å². The highest BCUT2D eigenvalue weighted by molar-refractivity contribution is 5.78. The third-order valence-corrected chi connectivity index (χ3v) is 4.48. The predicted molar refractivity (Wildman–Crippen MR) is 101 cm³/mol. The van der Waals surface area contributed by atoms with Crippen LogP contribution in [0.2, 0.25) is 0 Å². The summed E-state index contributed by atoms with van der Waals surface area (Å²) in [5.41, 5.74) is 7.06. The highest BCUT2D eigenvalue weighted by atomic mass is 16.5. The second kappa shape index (κ2) is 8.58. The smallest absolute Gasteiger partial charge is 0.261 e. The van der Waals surface area contributed by atoms with Crippen molar-refractivity contribution in [2.45, 2.75) is 31.8 Å². The van der Waals surface area contributed by atoms with Gasteiger partial charge < -0.3 is 20.1 Å². The summed E-state index contributed by atoms with van der Waals surface area (Å²) >= 11 is 0. The summed E-state index contributed by atoms with van der Waals surface area (Å²) in [5.74, 6) is 0.981. The quantitative estimate of drug-likeness (QED) is 0.736. The molecule has 0 radical (unpaired) electrons. The molecule has 27 heavy (non-hydrogen) atoms. The number of carbonyl (C=O) groups excluding carboxylic acids is 2. The molecule has 0 atom stereocenters. The first-order valence-corrected chi connectivity index (χ1v) is 8.97. The van der Waals surface area contributed by atoms with E-state index >= 15 is 0 Å². The molecule has 2 amide bonds. The van der Waals surface area contributed by atoms with Crippen LogP contribution in [0.1, 0.15) is 24.0 Å². The summed E-state index contributed by atoms with van der Waals surface area (Å²) in [4.78, 5) is 25.5. The summed E-state index contributed by atoms with van der Waals surface area (Å²) in [7, 11) is 1.63. The van der Waals surface area contributed by atoms with E-state index < -0.39 is 0 Å². The van der Waals surface area contributed by atoms with Crippen molar-refractivity contribution in [1.29, 1.82) is 0 Å². The standard InChI is InChI=1S/C21H24N2O4/c1-26-18-8-4-16(5-9-18)13-23(17-6-7-17)21(25)14-27-19-10-2-15(3-11-19)12-20(22)24/h2-5,8-11,17H,6-7,12-14H2,1H3,(H2,22,24). The Bertz CT molecular complexity index is 783. The number of hydrogen-bond donors (Lipinski definition) is 1. The fraction of sp³-hybridized carbons (Fsp3) is 0.333. The molecule has 1 aliphatic carbocycles. The van der Waals surface area contributed by atoms with E-state index in [-0.39, 0.29) is 24.8 Å². The van der Waals surface area contributed by atoms with Gasteiger partial charge in [-0.2, -0.15) is 0 Å². The van der Waals surface area contributed by atoms with Gasteiger partial charge in [-0.25, -0.2) is 0 Å². The summed E-state index contributed by atoms with van der Waals surface area (Å²) in [5, 5.41) is 0. The van der Waals surface area contributed by atoms with Gasteiger partial charge >= 0.3 is 0 Å². The molecule has 0 unspecified atom stereocenters. The summed E-state index contributed by atoms with van der Waals surface area (Å²) in [6, 6.07) is 15.1. The second-order valence-electron chi connectivity index (χ2n) is 6.68. The maximum atomic E-state index is 12.7. The molecule has 0 aliphatic heterocycles. The number of rotatable bonds is 9. The van der Waals surface area contributed by atoms with Crippen molar-refractivity contribution in [3.63, 3.8) is 0 Å². The number of hydrogen-bond acceptors (Lipinski definition) is 4. The van der Waals surface area contributed by atoms with Crippen molar-refractivity contribution in [2.24, 2.45) is 5.73 Å². The van der Waals surface area contributed by atoms with E-state index in [1.165, 1.54) is 0 Å². The van der Waals surface area contributed by atoms with Crippen molar-refractivity contribution in [3.05, 3.63) is 59.7 Å². The Morgan fingerprint density at radius 2 is 1.59 bits per heavy atom. The SMILES string of the molecule is COc1ccc(CN(C(=O)COc2ccc(CC(N)=O)cc2)C2CC2)cc1. The molecule has 2 aromatic carbocycles. The van der Waals surface area contributed by atoms with Gasteiger partial charge in [0.1, 0.15) is 11.5 Å². The minimum Gasteiger partial charge on any atom is -0.497 e. The van der Waals surface area contributed by atoms with Crippen LogP contribution in [0.4, 0.5) is 0 Å². The van der Waals surface area contributed by atoms with Gasteiger partial charge in [0.05, 0.1) is 13.5 Å². The number of amides is 2. The Hall–Kier alpha value is -3.02. The Morgan fingerprint density at radius 1 is 1.00 bits per heavy atom. The average Bonchev–Trinajstić information content (AvgIpc) is 3.50. The Balaban J connectivity index is 1.56. The molecule has 3 rings (SSSR count). The van der Waals surface area contributed by atoms with E-state index in [4.69, 9.17) is 15.2 Å². The highest BCUT2D eigenvalue weighted by Crippen LogP contribution is 2.29. The molecule has 1 aliphatic rings. The first-order valence-electron chi connectivity index (χ1n) is 8.97. The molecule has 0 bridgehead atoms. The van der Waals surface area contributed by atoms with Crippen LogP contribution in [0.15, 0.2) is 48.5 Å². The van der Waals surface area contributed by atoms with Crippen LogP contribution in [-0.2, 0) is 22.6 Å². The first-order chi connectivity index (χ1) is 13.0. The van der Waals surface area contributed by atoms with Crippen LogP contribution in [-0.4, -0.2) is 36.5 Å². The monoisotopic (exact) mass is 368 g/mol. The molecular formula is C21H24N2O4. The lowest BCUT2D eigenvalue weighted by Crippen LogP contribution is -2.36. The van der Waals surface area contributed by atoms with Gasteiger partial charge in [-0.3, -0.25) is 9.59 Å². The van der Waals surface area contributed by atoms with E-state index in [0.717, 1.165) is 29.7 Å². The lowest BCUT2D eigenvalue weighted by Gasteiger charge is -2.23. The van der Waals surface area contributed by atoms with Crippen molar-refractivity contribution in [3.8, 4) is 11.5 Å². The van der Waals surface area contributed by atoms with E-state index in [1.54, 1.807) is 31.4 Å². The van der Waals surface area contributed by atoms with Gasteiger partial charge in [-0.15, -0.1) is 0 Å². The summed E-state index contributed by atoms with van der Waals surface area (Å²) in [6.07, 6.45) is 2.25. The minimum atomic E-state index is -0.377. The molecule has 0 spiro atoms. The Kier molecular flexibility index (Phi) is 5.96. The molecule has 142 valence electrons. The van der Waals surface area contributed by atoms with Crippen molar-refractivity contribution < 1.29 is 19.1 Å². The third-order valence-electron chi connectivity index (χ3n) is 4.48. The van der Waals surface area contributed by atoms with Gasteiger partial charge in [0, 0.05) is 12.6 Å². The second-order valence-corrected chi connectivity index (χ2v) is 6.68. The lowest BCUT2D eigenvalue weighted by atomic mass is 10.1. The van der Waals surface area contributed by atoms with E-state index in [2.05, 4.69) is 0 Å². The summed E-state index contributed by atoms with van der Waals surface area (Å²) < 4.78 is 10.8. The summed E-state index contributed by atoms with van der Waals surface area (Å²) in [6.45, 7) is 0.552. The van der Waals surface area contributed by atoms with Crippen LogP contribution in [0, 0.1) is 0 Å². The number of primary amides is 1. The van der Waals surface area contributed by atoms with E-state index in [0.29, 0.717) is 18.3 Å². The van der Waals surface area contributed by atoms with Gasteiger partial charge in [-0.05, 0) is 48.2 Å². The fourth-order valence-corrected chi connectivity index (χ4v) is 2.87. The fourth-order valence-electron chi connectivity index (χ4n) is 2.87. The number of carbonyl (C=O) groups is 2. The maximum Gasteiger partial charge on any atom is 0.261 e. The van der Waals surface area contributed by atoms with Crippen LogP contribution < -0.4 is 15.2 Å². The molecule has 0 saturated heterocycles. The van der Waals surface area contributed by atoms with Gasteiger partial charge in [0.15, 0.2) is 6.61 Å². The lowest BCUT2D eigenvalue weighted by molar-refractivity contribution is -0.134. The number of ether oxygens (including phenoxy) is 2. The largest absolute Gasteiger partial charge is 0.497 e. The molecule has 6 nitrogen and oxygen atoms in total. The highest BCUT2D eigenvalue weighted by Gasteiger charge is 2.32. The minimum absolute atomic E-state index is 0.0121. The zero-order chi connectivity index (χ0) is 19.2. The molecule has 6 heteroatoms. The topological polar surface area (TPSA) is 81.9 Å². The number of nitrogens with two attached hydrogens (primary N) is 1. The van der Waals surface area contributed by atoms with Gasteiger partial charge in [0.2, 0.25) is 5.91 Å². The molecule has 0 aromatic heterocycles. The van der Waals surface area contributed by atoms with Crippen LogP contribution in [0.5, 0.6) is 11.5 Å². The molecule has 1 saturated carbocycles. The van der Waals surface area contributed by atoms with Crippen LogP contribution >= 0.6 is 0 Å². The predicted octanol–water partition coefficient (Wildman–Crippen LogP) is 2.29. The van der Waals surface area contributed by atoms with Crippen molar-refractivity contribution >= 4 is 11.8 Å². The number of nitrogens with zero attached hydrogens (tertiary/aromatic N) is 1. The zero-order valence-corrected chi connectivity index (χ0v) is 15.4. The van der Waals surface area contributed by atoms with Crippen LogP contribution in [0.3, 0.4) is 0 Å². The number of methoxy groups -OCH3 is 1. The third kappa shape index (κ3) is 5.48. The van der Waals surface area contributed by atoms with Crippen molar-refractivity contribution in [2.75, 3.05) is 13.7 Å². The Morgan fingerprint density at radius 3 is 2.15 bits per heavy atom. The average molecular weight is 368 g/mol. The molecular weight excluding hydrogens is 344 g/mol. The first kappa shape index (κ1) is 18.8. The molecule has 2 N–H and O–H groups in total.